The molecule has 142 valence electrons. The van der Waals surface area contributed by atoms with E-state index in [0.29, 0.717) is 23.7 Å². The van der Waals surface area contributed by atoms with Gasteiger partial charge in [0.1, 0.15) is 12.1 Å². The third-order valence-corrected chi connectivity index (χ3v) is 5.45. The van der Waals surface area contributed by atoms with Gasteiger partial charge in [-0.05, 0) is 37.6 Å². The number of thioether (sulfide) groups is 1. The van der Waals surface area contributed by atoms with Crippen LogP contribution >= 0.6 is 23.4 Å². The van der Waals surface area contributed by atoms with Gasteiger partial charge in [0.25, 0.3) is 5.91 Å². The van der Waals surface area contributed by atoms with Crippen molar-refractivity contribution < 1.29 is 14.4 Å². The quantitative estimate of drug-likeness (QED) is 0.381. The zero-order chi connectivity index (χ0) is 19.2. The van der Waals surface area contributed by atoms with Crippen molar-refractivity contribution in [1.29, 1.82) is 0 Å². The Labute approximate surface area is 163 Å². The molecule has 0 saturated carbocycles. The number of nitrogens with one attached hydrogen (secondary N) is 2. The van der Waals surface area contributed by atoms with E-state index in [1.54, 1.807) is 18.7 Å². The number of urea groups is 1. The molecule has 1 saturated heterocycles. The van der Waals surface area contributed by atoms with Gasteiger partial charge in [-0.1, -0.05) is 31.4 Å². The Morgan fingerprint density at radius 1 is 1.31 bits per heavy atom. The van der Waals surface area contributed by atoms with E-state index in [9.17, 15) is 14.4 Å². The molecule has 8 heteroatoms. The van der Waals surface area contributed by atoms with Gasteiger partial charge in [-0.15, -0.1) is 11.8 Å². The molecule has 1 aromatic carbocycles. The van der Waals surface area contributed by atoms with Crippen LogP contribution in [0.15, 0.2) is 29.2 Å². The van der Waals surface area contributed by atoms with Crippen LogP contribution < -0.4 is 10.6 Å². The van der Waals surface area contributed by atoms with E-state index < -0.39 is 11.6 Å². The standard InChI is InChI=1S/C18H24ClN3O3S/c1-3-4-9-18(2)16(24)22(17(25)21-18)12-15(23)20-10-11-26-14-7-5-13(19)6-8-14/h5-8H,3-4,9-12H2,1-2H3,(H,20,23)(H,21,25)/t18-/m1/s1. The molecule has 26 heavy (non-hydrogen) atoms. The van der Waals surface area contributed by atoms with E-state index in [1.165, 1.54) is 0 Å². The summed E-state index contributed by atoms with van der Waals surface area (Å²) < 4.78 is 0. The molecule has 1 atom stereocenters. The summed E-state index contributed by atoms with van der Waals surface area (Å²) in [5.41, 5.74) is -0.905. The zero-order valence-electron chi connectivity index (χ0n) is 15.0. The number of imide groups is 1. The van der Waals surface area contributed by atoms with Gasteiger partial charge in [0, 0.05) is 22.2 Å². The van der Waals surface area contributed by atoms with E-state index in [1.807, 2.05) is 31.2 Å². The maximum Gasteiger partial charge on any atom is 0.325 e. The topological polar surface area (TPSA) is 78.5 Å². The van der Waals surface area contributed by atoms with Crippen LogP contribution in [0.5, 0.6) is 0 Å². The monoisotopic (exact) mass is 397 g/mol. The van der Waals surface area contributed by atoms with Gasteiger partial charge >= 0.3 is 6.03 Å². The minimum atomic E-state index is -0.905. The van der Waals surface area contributed by atoms with Crippen molar-refractivity contribution in [3.8, 4) is 0 Å². The third-order valence-electron chi connectivity index (χ3n) is 4.18. The van der Waals surface area contributed by atoms with E-state index in [2.05, 4.69) is 10.6 Å². The number of unbranched alkanes of at least 4 members (excludes halogenated alkanes) is 1. The number of halogens is 1. The lowest BCUT2D eigenvalue weighted by atomic mass is 9.95. The van der Waals surface area contributed by atoms with Gasteiger partial charge in [0.15, 0.2) is 0 Å². The first kappa shape index (κ1) is 20.6. The second-order valence-corrected chi connectivity index (χ2v) is 8.01. The molecule has 1 heterocycles. The lowest BCUT2D eigenvalue weighted by Crippen LogP contribution is -2.45. The first-order valence-corrected chi connectivity index (χ1v) is 10.0. The predicted octanol–water partition coefficient (Wildman–Crippen LogP) is 3.05. The van der Waals surface area contributed by atoms with Crippen molar-refractivity contribution in [3.05, 3.63) is 29.3 Å². The Morgan fingerprint density at radius 3 is 2.65 bits per heavy atom. The third kappa shape index (κ3) is 5.38. The molecule has 1 aliphatic heterocycles. The largest absolute Gasteiger partial charge is 0.354 e. The second-order valence-electron chi connectivity index (χ2n) is 6.41. The molecular formula is C18H24ClN3O3S. The van der Waals surface area contributed by atoms with E-state index >= 15 is 0 Å². The number of hydrogen-bond acceptors (Lipinski definition) is 4. The van der Waals surface area contributed by atoms with E-state index in [0.717, 1.165) is 22.6 Å². The summed E-state index contributed by atoms with van der Waals surface area (Å²) >= 11 is 7.43. The minimum Gasteiger partial charge on any atom is -0.354 e. The summed E-state index contributed by atoms with van der Waals surface area (Å²) in [4.78, 5) is 38.6. The first-order valence-electron chi connectivity index (χ1n) is 8.65. The van der Waals surface area contributed by atoms with Crippen molar-refractivity contribution in [2.24, 2.45) is 0 Å². The van der Waals surface area contributed by atoms with Gasteiger partial charge in [0.05, 0.1) is 0 Å². The van der Waals surface area contributed by atoms with Gasteiger partial charge in [-0.2, -0.15) is 0 Å². The summed E-state index contributed by atoms with van der Waals surface area (Å²) in [5, 5.41) is 6.13. The molecule has 0 aromatic heterocycles. The number of rotatable bonds is 9. The zero-order valence-corrected chi connectivity index (χ0v) is 16.6. The van der Waals surface area contributed by atoms with Crippen LogP contribution in [-0.2, 0) is 9.59 Å². The fourth-order valence-electron chi connectivity index (χ4n) is 2.68. The number of nitrogens with zero attached hydrogens (tertiary/aromatic N) is 1. The van der Waals surface area contributed by atoms with Crippen molar-refractivity contribution in [3.63, 3.8) is 0 Å². The highest BCUT2D eigenvalue weighted by Gasteiger charge is 2.47. The summed E-state index contributed by atoms with van der Waals surface area (Å²) in [5.74, 6) is 0.00782. The van der Waals surface area contributed by atoms with Crippen molar-refractivity contribution >= 4 is 41.2 Å². The van der Waals surface area contributed by atoms with Crippen molar-refractivity contribution in [2.45, 2.75) is 43.5 Å². The number of hydrogen-bond donors (Lipinski definition) is 2. The van der Waals surface area contributed by atoms with Crippen LogP contribution in [0.2, 0.25) is 5.02 Å². The predicted molar refractivity (Wildman–Crippen MR) is 103 cm³/mol. The average molecular weight is 398 g/mol. The van der Waals surface area contributed by atoms with Crippen LogP contribution in [0.3, 0.4) is 0 Å². The molecule has 2 N–H and O–H groups in total. The normalized spacial score (nSPS) is 19.6. The second kappa shape index (κ2) is 9.28. The number of benzene rings is 1. The maximum atomic E-state index is 12.5. The highest BCUT2D eigenvalue weighted by molar-refractivity contribution is 7.99. The fourth-order valence-corrected chi connectivity index (χ4v) is 3.57. The van der Waals surface area contributed by atoms with E-state index in [4.69, 9.17) is 11.6 Å². The van der Waals surface area contributed by atoms with E-state index in [-0.39, 0.29) is 18.4 Å². The van der Waals surface area contributed by atoms with Crippen molar-refractivity contribution in [1.82, 2.24) is 15.5 Å². The van der Waals surface area contributed by atoms with Gasteiger partial charge in [0.2, 0.25) is 5.91 Å². The van der Waals surface area contributed by atoms with Crippen molar-refractivity contribution in [2.75, 3.05) is 18.8 Å². The molecular weight excluding hydrogens is 374 g/mol. The highest BCUT2D eigenvalue weighted by atomic mass is 35.5. The smallest absolute Gasteiger partial charge is 0.325 e. The molecule has 0 bridgehead atoms. The average Bonchev–Trinajstić information content (AvgIpc) is 2.82. The van der Waals surface area contributed by atoms with Gasteiger partial charge < -0.3 is 10.6 Å². The summed E-state index contributed by atoms with van der Waals surface area (Å²) in [6, 6.07) is 6.96. The lowest BCUT2D eigenvalue weighted by Gasteiger charge is -2.21. The Morgan fingerprint density at radius 2 is 2.00 bits per heavy atom. The SMILES string of the molecule is CCCC[C@@]1(C)NC(=O)N(CC(=O)NCCSc2ccc(Cl)cc2)C1=O. The van der Waals surface area contributed by atoms with Crippen LogP contribution in [0.1, 0.15) is 33.1 Å². The molecule has 0 unspecified atom stereocenters. The molecule has 1 aliphatic rings. The summed E-state index contributed by atoms with van der Waals surface area (Å²) in [6.45, 7) is 3.93. The molecule has 2 rings (SSSR count). The molecule has 1 fully saturated rings. The molecule has 4 amide bonds. The Kier molecular flexibility index (Phi) is 7.34. The Hall–Kier alpha value is -1.73. The highest BCUT2D eigenvalue weighted by Crippen LogP contribution is 2.23. The minimum absolute atomic E-state index is 0.252. The molecule has 0 spiro atoms. The lowest BCUT2D eigenvalue weighted by molar-refractivity contribution is -0.134. The molecule has 0 radical (unpaired) electrons. The fraction of sp³-hybridized carbons (Fsp3) is 0.500. The molecule has 0 aliphatic carbocycles. The van der Waals surface area contributed by atoms with Gasteiger partial charge in [-0.3, -0.25) is 14.5 Å². The number of carbonyl (C=O) groups excluding carboxylic acids is 3. The summed E-state index contributed by atoms with van der Waals surface area (Å²) in [7, 11) is 0. The first-order chi connectivity index (χ1) is 12.4. The number of amides is 4. The Bertz CT molecular complexity index is 668. The molecule has 6 nitrogen and oxygen atoms in total. The Balaban J connectivity index is 1.75. The molecule has 1 aromatic rings. The number of carbonyl (C=O) groups is 3. The van der Waals surface area contributed by atoms with Crippen LogP contribution in [0.4, 0.5) is 4.79 Å². The van der Waals surface area contributed by atoms with Gasteiger partial charge in [-0.25, -0.2) is 4.79 Å². The van der Waals surface area contributed by atoms with Crippen LogP contribution in [-0.4, -0.2) is 47.1 Å². The van der Waals surface area contributed by atoms with Crippen LogP contribution in [0.25, 0.3) is 0 Å². The summed E-state index contributed by atoms with van der Waals surface area (Å²) in [6.07, 6.45) is 2.35. The maximum absolute atomic E-state index is 12.5. The van der Waals surface area contributed by atoms with Crippen LogP contribution in [0, 0.1) is 0 Å².